The first kappa shape index (κ1) is 16.8. The van der Waals surface area contributed by atoms with Gasteiger partial charge in [0.1, 0.15) is 0 Å². The molecule has 0 radical (unpaired) electrons. The van der Waals surface area contributed by atoms with E-state index >= 15 is 0 Å². The van der Waals surface area contributed by atoms with Crippen LogP contribution in [0.1, 0.15) is 17.9 Å². The van der Waals surface area contributed by atoms with Crippen LogP contribution in [0.5, 0.6) is 0 Å². The first-order valence-electron chi connectivity index (χ1n) is 8.95. The van der Waals surface area contributed by atoms with Crippen molar-refractivity contribution in [1.29, 1.82) is 0 Å². The summed E-state index contributed by atoms with van der Waals surface area (Å²) in [6.07, 6.45) is 1.26. The monoisotopic (exact) mass is 356 g/mol. The van der Waals surface area contributed by atoms with E-state index in [1.807, 2.05) is 6.07 Å². The predicted molar refractivity (Wildman–Crippen MR) is 98.9 cm³/mol. The summed E-state index contributed by atoms with van der Waals surface area (Å²) in [4.78, 5) is 2.74. The van der Waals surface area contributed by atoms with Crippen LogP contribution in [0.2, 0.25) is 0 Å². The Morgan fingerprint density at radius 3 is 2.36 bits per heavy atom. The maximum absolute atomic E-state index is 12.3. The normalized spacial score (nSPS) is 26.2. The van der Waals surface area contributed by atoms with Crippen molar-refractivity contribution in [2.75, 3.05) is 26.2 Å². The van der Waals surface area contributed by atoms with E-state index in [9.17, 15) is 8.42 Å². The minimum atomic E-state index is -3.39. The molecule has 4 nitrogen and oxygen atoms in total. The molecule has 1 aliphatic carbocycles. The van der Waals surface area contributed by atoms with E-state index in [-0.39, 0.29) is 0 Å². The molecule has 2 aliphatic rings. The molecule has 5 heteroatoms. The van der Waals surface area contributed by atoms with E-state index in [1.54, 1.807) is 24.3 Å². The number of likely N-dealkylation sites (tertiary alicyclic amines) is 1. The summed E-state index contributed by atoms with van der Waals surface area (Å²) in [7, 11) is -3.39. The second-order valence-electron chi connectivity index (χ2n) is 7.15. The molecule has 2 aromatic rings. The van der Waals surface area contributed by atoms with Crippen LogP contribution in [0.4, 0.5) is 0 Å². The van der Waals surface area contributed by atoms with Gasteiger partial charge in [-0.25, -0.2) is 13.1 Å². The van der Waals surface area contributed by atoms with Crippen LogP contribution in [0, 0.1) is 11.8 Å². The third kappa shape index (κ3) is 3.50. The van der Waals surface area contributed by atoms with Crippen LogP contribution in [-0.4, -0.2) is 39.5 Å². The van der Waals surface area contributed by atoms with Crippen LogP contribution < -0.4 is 4.72 Å². The average Bonchev–Trinajstić information content (AvgIpc) is 2.93. The summed E-state index contributed by atoms with van der Waals surface area (Å²) in [5, 5.41) is 0. The lowest BCUT2D eigenvalue weighted by atomic mass is 9.64. The largest absolute Gasteiger partial charge is 0.301 e. The van der Waals surface area contributed by atoms with Gasteiger partial charge in [-0.05, 0) is 41.9 Å². The lowest BCUT2D eigenvalue weighted by Gasteiger charge is -2.40. The smallest absolute Gasteiger partial charge is 0.240 e. The molecule has 2 aromatic carbocycles. The summed E-state index contributed by atoms with van der Waals surface area (Å²) in [5.74, 6) is 2.18. The lowest BCUT2D eigenvalue weighted by Crippen LogP contribution is -2.34. The van der Waals surface area contributed by atoms with Gasteiger partial charge in [-0.3, -0.25) is 0 Å². The fraction of sp³-hybridized carbons (Fsp3) is 0.400. The second kappa shape index (κ2) is 6.90. The van der Waals surface area contributed by atoms with Crippen molar-refractivity contribution in [3.05, 3.63) is 66.2 Å². The van der Waals surface area contributed by atoms with Gasteiger partial charge in [-0.15, -0.1) is 0 Å². The Labute approximate surface area is 149 Å². The van der Waals surface area contributed by atoms with Gasteiger partial charge in [0.2, 0.25) is 10.0 Å². The van der Waals surface area contributed by atoms with Crippen LogP contribution in [-0.2, 0) is 10.0 Å². The molecule has 1 heterocycles. The van der Waals surface area contributed by atoms with Crippen LogP contribution in [0.3, 0.4) is 0 Å². The highest BCUT2D eigenvalue weighted by Gasteiger charge is 2.47. The zero-order chi connectivity index (χ0) is 17.3. The molecule has 0 spiro atoms. The molecule has 1 saturated heterocycles. The number of rotatable bonds is 6. The fourth-order valence-corrected chi connectivity index (χ4v) is 5.33. The topological polar surface area (TPSA) is 49.4 Å². The molecular weight excluding hydrogens is 332 g/mol. The zero-order valence-corrected chi connectivity index (χ0v) is 15.0. The highest BCUT2D eigenvalue weighted by atomic mass is 32.2. The van der Waals surface area contributed by atoms with E-state index in [1.165, 1.54) is 12.0 Å². The summed E-state index contributed by atoms with van der Waals surface area (Å²) >= 11 is 0. The van der Waals surface area contributed by atoms with Crippen LogP contribution in [0.25, 0.3) is 0 Å². The molecule has 0 aromatic heterocycles. The Kier molecular flexibility index (Phi) is 4.63. The third-order valence-corrected chi connectivity index (χ3v) is 7.12. The SMILES string of the molecule is O=S(=O)(NCCN1CC2CC(c3ccccc3)C2C1)c1ccccc1. The number of hydrogen-bond donors (Lipinski definition) is 1. The highest BCUT2D eigenvalue weighted by molar-refractivity contribution is 7.89. The van der Waals surface area contributed by atoms with Gasteiger partial charge in [0.05, 0.1) is 4.90 Å². The highest BCUT2D eigenvalue weighted by Crippen LogP contribution is 2.51. The average molecular weight is 356 g/mol. The van der Waals surface area contributed by atoms with Gasteiger partial charge < -0.3 is 4.90 Å². The van der Waals surface area contributed by atoms with Gasteiger partial charge in [-0.1, -0.05) is 48.5 Å². The van der Waals surface area contributed by atoms with Crippen molar-refractivity contribution in [2.45, 2.75) is 17.2 Å². The maximum atomic E-state index is 12.3. The van der Waals surface area contributed by atoms with Crippen molar-refractivity contribution < 1.29 is 8.42 Å². The standard InChI is InChI=1S/C20H24N2O2S/c23-25(24,18-9-5-2-6-10-18)21-11-12-22-14-17-13-19(20(17)15-22)16-7-3-1-4-8-16/h1-10,17,19-21H,11-15H2. The summed E-state index contributed by atoms with van der Waals surface area (Å²) in [5.41, 5.74) is 1.45. The van der Waals surface area contributed by atoms with Crippen molar-refractivity contribution in [1.82, 2.24) is 9.62 Å². The van der Waals surface area contributed by atoms with Crippen molar-refractivity contribution >= 4 is 10.0 Å². The van der Waals surface area contributed by atoms with E-state index in [0.29, 0.717) is 17.4 Å². The Balaban J connectivity index is 1.28. The first-order chi connectivity index (χ1) is 12.1. The maximum Gasteiger partial charge on any atom is 0.240 e. The molecule has 1 saturated carbocycles. The fourth-order valence-electron chi connectivity index (χ4n) is 4.29. The number of fused-ring (bicyclic) bond motifs is 1. The van der Waals surface area contributed by atoms with Gasteiger partial charge >= 0.3 is 0 Å². The Morgan fingerprint density at radius 1 is 0.960 bits per heavy atom. The van der Waals surface area contributed by atoms with E-state index in [0.717, 1.165) is 31.5 Å². The molecule has 3 atom stereocenters. The molecule has 1 N–H and O–H groups in total. The van der Waals surface area contributed by atoms with E-state index in [2.05, 4.69) is 40.0 Å². The number of nitrogens with one attached hydrogen (secondary N) is 1. The zero-order valence-electron chi connectivity index (χ0n) is 14.2. The molecule has 4 rings (SSSR count). The van der Waals surface area contributed by atoms with Crippen molar-refractivity contribution in [3.8, 4) is 0 Å². The van der Waals surface area contributed by atoms with Crippen molar-refractivity contribution in [3.63, 3.8) is 0 Å². The van der Waals surface area contributed by atoms with Gasteiger partial charge in [0, 0.05) is 26.2 Å². The minimum Gasteiger partial charge on any atom is -0.301 e. The molecular formula is C20H24N2O2S. The molecule has 2 fully saturated rings. The second-order valence-corrected chi connectivity index (χ2v) is 8.91. The molecule has 0 amide bonds. The quantitative estimate of drug-likeness (QED) is 0.866. The molecule has 3 unspecified atom stereocenters. The minimum absolute atomic E-state index is 0.334. The number of benzene rings is 2. The molecule has 132 valence electrons. The third-order valence-electron chi connectivity index (χ3n) is 5.64. The number of hydrogen-bond acceptors (Lipinski definition) is 3. The Morgan fingerprint density at radius 2 is 1.64 bits per heavy atom. The summed E-state index contributed by atoms with van der Waals surface area (Å²) < 4.78 is 27.2. The number of nitrogens with zero attached hydrogens (tertiary/aromatic N) is 1. The van der Waals surface area contributed by atoms with Crippen molar-refractivity contribution in [2.24, 2.45) is 11.8 Å². The van der Waals surface area contributed by atoms with Gasteiger partial charge in [0.15, 0.2) is 0 Å². The van der Waals surface area contributed by atoms with E-state index in [4.69, 9.17) is 0 Å². The van der Waals surface area contributed by atoms with Crippen LogP contribution >= 0.6 is 0 Å². The molecule has 0 bridgehead atoms. The predicted octanol–water partition coefficient (Wildman–Crippen LogP) is 2.70. The Hall–Kier alpha value is -1.69. The van der Waals surface area contributed by atoms with E-state index < -0.39 is 10.0 Å². The van der Waals surface area contributed by atoms with Gasteiger partial charge in [0.25, 0.3) is 0 Å². The summed E-state index contributed by atoms with van der Waals surface area (Å²) in [6.45, 7) is 3.42. The number of sulfonamides is 1. The summed E-state index contributed by atoms with van der Waals surface area (Å²) in [6, 6.07) is 19.3. The molecule has 1 aliphatic heterocycles. The lowest BCUT2D eigenvalue weighted by molar-refractivity contribution is 0.191. The van der Waals surface area contributed by atoms with Crippen LogP contribution in [0.15, 0.2) is 65.6 Å². The van der Waals surface area contributed by atoms with Gasteiger partial charge in [-0.2, -0.15) is 0 Å². The molecule has 25 heavy (non-hydrogen) atoms. The Bertz CT molecular complexity index is 808. The first-order valence-corrected chi connectivity index (χ1v) is 10.4.